The highest BCUT2D eigenvalue weighted by Gasteiger charge is 2.25. The molecule has 6 heteroatoms. The van der Waals surface area contributed by atoms with E-state index in [4.69, 9.17) is 9.47 Å². The van der Waals surface area contributed by atoms with E-state index >= 15 is 0 Å². The lowest BCUT2D eigenvalue weighted by atomic mass is 10.1. The molecule has 0 amide bonds. The Balaban J connectivity index is 4.19. The van der Waals surface area contributed by atoms with Crippen LogP contribution in [0.3, 0.4) is 0 Å². The van der Waals surface area contributed by atoms with E-state index in [0.717, 1.165) is 25.7 Å². The van der Waals surface area contributed by atoms with Crippen molar-refractivity contribution in [1.29, 1.82) is 0 Å². The van der Waals surface area contributed by atoms with Gasteiger partial charge in [0.25, 0.3) is 0 Å². The van der Waals surface area contributed by atoms with Crippen LogP contribution in [0.1, 0.15) is 80.1 Å². The molecule has 0 rings (SSSR count). The molecule has 2 atom stereocenters. The van der Waals surface area contributed by atoms with Crippen LogP contribution in [-0.4, -0.2) is 35.7 Å². The maximum Gasteiger partial charge on any atom is 0.319 e. The molecule has 0 aromatic rings. The van der Waals surface area contributed by atoms with Crippen LogP contribution in [0.5, 0.6) is 0 Å². The van der Waals surface area contributed by atoms with E-state index in [1.54, 1.807) is 0 Å². The minimum absolute atomic E-state index is 0.172. The van der Waals surface area contributed by atoms with Crippen molar-refractivity contribution >= 4 is 33.5 Å². The maximum absolute atomic E-state index is 12.2. The highest BCUT2D eigenvalue weighted by atomic mass is 33.1. The van der Waals surface area contributed by atoms with E-state index in [2.05, 4.69) is 27.7 Å². The Bertz CT molecular complexity index is 350. The summed E-state index contributed by atoms with van der Waals surface area (Å²) >= 11 is 0. The zero-order chi connectivity index (χ0) is 19.9. The van der Waals surface area contributed by atoms with Gasteiger partial charge in [-0.15, -0.1) is 0 Å². The van der Waals surface area contributed by atoms with Crippen LogP contribution < -0.4 is 0 Å². The molecule has 0 radical (unpaired) electrons. The molecule has 0 aliphatic carbocycles. The first kappa shape index (κ1) is 25.6. The lowest BCUT2D eigenvalue weighted by molar-refractivity contribution is -0.144. The van der Waals surface area contributed by atoms with Crippen molar-refractivity contribution in [3.05, 3.63) is 0 Å². The summed E-state index contributed by atoms with van der Waals surface area (Å²) in [5.41, 5.74) is 0. The van der Waals surface area contributed by atoms with Crippen molar-refractivity contribution in [2.45, 2.75) is 90.6 Å². The molecule has 0 spiro atoms. The van der Waals surface area contributed by atoms with Crippen molar-refractivity contribution in [2.24, 2.45) is 11.8 Å². The van der Waals surface area contributed by atoms with Gasteiger partial charge in [-0.1, -0.05) is 63.1 Å². The van der Waals surface area contributed by atoms with Crippen molar-refractivity contribution < 1.29 is 19.1 Å². The first-order valence-electron chi connectivity index (χ1n) is 9.97. The highest BCUT2D eigenvalue weighted by Crippen LogP contribution is 2.35. The molecule has 0 aromatic heterocycles. The van der Waals surface area contributed by atoms with Crippen LogP contribution in [0, 0.1) is 11.8 Å². The van der Waals surface area contributed by atoms with Gasteiger partial charge < -0.3 is 9.47 Å². The molecule has 4 nitrogen and oxygen atoms in total. The summed E-state index contributed by atoms with van der Waals surface area (Å²) in [6.07, 6.45) is 5.32. The van der Waals surface area contributed by atoms with E-state index in [0.29, 0.717) is 37.9 Å². The van der Waals surface area contributed by atoms with Gasteiger partial charge in [0, 0.05) is 0 Å². The van der Waals surface area contributed by atoms with Gasteiger partial charge in [-0.25, -0.2) is 0 Å². The predicted octanol–water partition coefficient (Wildman–Crippen LogP) is 5.88. The minimum Gasteiger partial charge on any atom is -0.465 e. The number of hydrogen-bond donors (Lipinski definition) is 0. The summed E-state index contributed by atoms with van der Waals surface area (Å²) < 4.78 is 10.8. The Morgan fingerprint density at radius 3 is 1.35 bits per heavy atom. The fraction of sp³-hybridized carbons (Fsp3) is 0.900. The Labute approximate surface area is 168 Å². The second kappa shape index (κ2) is 15.7. The third-order valence-electron chi connectivity index (χ3n) is 3.90. The molecule has 0 aliphatic rings. The molecule has 0 aromatic carbocycles. The van der Waals surface area contributed by atoms with Gasteiger partial charge in [0.15, 0.2) is 0 Å². The quantitative estimate of drug-likeness (QED) is 0.192. The van der Waals surface area contributed by atoms with Crippen LogP contribution in [-0.2, 0) is 19.1 Å². The van der Waals surface area contributed by atoms with Gasteiger partial charge in [0.2, 0.25) is 0 Å². The van der Waals surface area contributed by atoms with Crippen LogP contribution in [0.4, 0.5) is 0 Å². The maximum atomic E-state index is 12.2. The summed E-state index contributed by atoms with van der Waals surface area (Å²) in [7, 11) is 2.88. The molecule has 0 N–H and O–H groups in total. The number of esters is 2. The summed E-state index contributed by atoms with van der Waals surface area (Å²) in [6.45, 7) is 13.6. The van der Waals surface area contributed by atoms with Crippen LogP contribution in [0.15, 0.2) is 0 Å². The summed E-state index contributed by atoms with van der Waals surface area (Å²) in [5, 5.41) is -0.469. The van der Waals surface area contributed by atoms with E-state index in [9.17, 15) is 9.59 Å². The topological polar surface area (TPSA) is 52.6 Å². The molecule has 0 aliphatic heterocycles. The standard InChI is InChI=1S/C20H38O4S2/c1-7-17(19(21)23-13-9-11-15(3)4)25-26-18(8-2)20(22)24-14-10-12-16(5)6/h15-18H,7-14H2,1-6H3. The number of carbonyl (C=O) groups is 2. The van der Waals surface area contributed by atoms with E-state index in [-0.39, 0.29) is 22.4 Å². The minimum atomic E-state index is -0.234. The second-order valence-electron chi connectivity index (χ2n) is 7.39. The normalized spacial score (nSPS) is 13.7. The van der Waals surface area contributed by atoms with Gasteiger partial charge in [0.1, 0.15) is 10.5 Å². The molecule has 0 bridgehead atoms. The molecule has 0 heterocycles. The number of hydrogen-bond acceptors (Lipinski definition) is 6. The smallest absolute Gasteiger partial charge is 0.319 e. The first-order chi connectivity index (χ1) is 12.3. The fourth-order valence-corrected chi connectivity index (χ4v) is 5.12. The number of rotatable bonds is 15. The van der Waals surface area contributed by atoms with E-state index in [1.807, 2.05) is 13.8 Å². The van der Waals surface area contributed by atoms with E-state index in [1.165, 1.54) is 21.6 Å². The molecule has 0 saturated heterocycles. The zero-order valence-corrected chi connectivity index (χ0v) is 19.0. The molecular weight excluding hydrogens is 368 g/mol. The Hall–Kier alpha value is -0.360. The van der Waals surface area contributed by atoms with Gasteiger partial charge in [-0.3, -0.25) is 9.59 Å². The molecule has 2 unspecified atom stereocenters. The predicted molar refractivity (Wildman–Crippen MR) is 113 cm³/mol. The highest BCUT2D eigenvalue weighted by molar-refractivity contribution is 8.77. The lowest BCUT2D eigenvalue weighted by Crippen LogP contribution is -2.22. The van der Waals surface area contributed by atoms with Crippen molar-refractivity contribution in [2.75, 3.05) is 13.2 Å². The van der Waals surface area contributed by atoms with Crippen LogP contribution in [0.2, 0.25) is 0 Å². The van der Waals surface area contributed by atoms with Crippen LogP contribution >= 0.6 is 21.6 Å². The zero-order valence-electron chi connectivity index (χ0n) is 17.4. The average molecular weight is 407 g/mol. The molecule has 154 valence electrons. The fourth-order valence-electron chi connectivity index (χ4n) is 2.20. The van der Waals surface area contributed by atoms with Gasteiger partial charge in [-0.05, 0) is 50.4 Å². The summed E-state index contributed by atoms with van der Waals surface area (Å²) in [4.78, 5) is 24.4. The third-order valence-corrected chi connectivity index (χ3v) is 7.25. The largest absolute Gasteiger partial charge is 0.465 e. The van der Waals surface area contributed by atoms with Gasteiger partial charge in [0.05, 0.1) is 13.2 Å². The Morgan fingerprint density at radius 2 is 1.08 bits per heavy atom. The molecular formula is C20H38O4S2. The summed E-state index contributed by atoms with van der Waals surface area (Å²) in [5.74, 6) is 0.901. The molecule has 0 fully saturated rings. The second-order valence-corrected chi connectivity index (χ2v) is 10.1. The SMILES string of the molecule is CCC(SSC(CC)C(=O)OCCCC(C)C)C(=O)OCCCC(C)C. The van der Waals surface area contributed by atoms with Crippen molar-refractivity contribution in [3.63, 3.8) is 0 Å². The van der Waals surface area contributed by atoms with Crippen LogP contribution in [0.25, 0.3) is 0 Å². The number of carbonyl (C=O) groups excluding carboxylic acids is 2. The van der Waals surface area contributed by atoms with Gasteiger partial charge in [-0.2, -0.15) is 0 Å². The Morgan fingerprint density at radius 1 is 0.731 bits per heavy atom. The summed E-state index contributed by atoms with van der Waals surface area (Å²) in [6, 6.07) is 0. The monoisotopic (exact) mass is 406 g/mol. The lowest BCUT2D eigenvalue weighted by Gasteiger charge is -2.17. The first-order valence-corrected chi connectivity index (χ1v) is 12.2. The Kier molecular flexibility index (Phi) is 15.5. The van der Waals surface area contributed by atoms with Crippen molar-refractivity contribution in [3.8, 4) is 0 Å². The van der Waals surface area contributed by atoms with Crippen molar-refractivity contribution in [1.82, 2.24) is 0 Å². The molecule has 26 heavy (non-hydrogen) atoms. The van der Waals surface area contributed by atoms with Gasteiger partial charge >= 0.3 is 11.9 Å². The van der Waals surface area contributed by atoms with E-state index < -0.39 is 0 Å². The third kappa shape index (κ3) is 12.9. The average Bonchev–Trinajstić information content (AvgIpc) is 2.58. The number of ether oxygens (including phenoxy) is 2. The molecule has 0 saturated carbocycles.